The quantitative estimate of drug-likeness (QED) is 0.615. The van der Waals surface area contributed by atoms with Gasteiger partial charge in [0.05, 0.1) is 37.5 Å². The molecule has 7 heteroatoms. The van der Waals surface area contributed by atoms with E-state index in [1.165, 1.54) is 32.4 Å². The van der Waals surface area contributed by atoms with Gasteiger partial charge >= 0.3 is 0 Å². The predicted molar refractivity (Wildman–Crippen MR) is 85.6 cm³/mol. The normalized spacial score (nSPS) is 13.0. The number of ether oxygens (including phenoxy) is 2. The fourth-order valence-corrected chi connectivity index (χ4v) is 2.68. The first-order valence-corrected chi connectivity index (χ1v) is 7.38. The molecule has 0 N–H and O–H groups in total. The Bertz CT molecular complexity index is 858. The molecule has 0 atom stereocenters. The molecular weight excluding hydrogens is 329 g/mol. The number of amides is 2. The summed E-state index contributed by atoms with van der Waals surface area (Å²) in [5.74, 6) is -2.37. The van der Waals surface area contributed by atoms with Crippen molar-refractivity contribution < 1.29 is 28.2 Å². The number of fused-ring (bicyclic) bond motifs is 1. The van der Waals surface area contributed by atoms with Crippen molar-refractivity contribution in [1.29, 1.82) is 0 Å². The van der Waals surface area contributed by atoms with Gasteiger partial charge in [-0.15, -0.1) is 0 Å². The molecule has 0 spiro atoms. The molecule has 25 heavy (non-hydrogen) atoms. The van der Waals surface area contributed by atoms with Crippen LogP contribution in [0.3, 0.4) is 0 Å². The molecular formula is C18H14FNO5. The second-order valence-corrected chi connectivity index (χ2v) is 5.35. The molecule has 0 saturated carbocycles. The van der Waals surface area contributed by atoms with E-state index in [-0.39, 0.29) is 28.2 Å². The van der Waals surface area contributed by atoms with Crippen molar-refractivity contribution in [3.8, 4) is 11.5 Å². The van der Waals surface area contributed by atoms with E-state index in [0.29, 0.717) is 0 Å². The fourth-order valence-electron chi connectivity index (χ4n) is 2.68. The topological polar surface area (TPSA) is 72.9 Å². The van der Waals surface area contributed by atoms with Crippen molar-refractivity contribution in [2.45, 2.75) is 0 Å². The number of hydrogen-bond acceptors (Lipinski definition) is 5. The Balaban J connectivity index is 1.89. The molecule has 2 aromatic carbocycles. The summed E-state index contributed by atoms with van der Waals surface area (Å²) in [4.78, 5) is 37.9. The second kappa shape index (κ2) is 6.35. The van der Waals surface area contributed by atoms with Crippen LogP contribution in [0.15, 0.2) is 36.4 Å². The zero-order valence-corrected chi connectivity index (χ0v) is 13.5. The molecule has 0 aliphatic carbocycles. The minimum atomic E-state index is -0.820. The summed E-state index contributed by atoms with van der Waals surface area (Å²) < 4.78 is 24.2. The van der Waals surface area contributed by atoms with E-state index in [4.69, 9.17) is 9.47 Å². The van der Waals surface area contributed by atoms with Crippen LogP contribution in [0.25, 0.3) is 0 Å². The van der Waals surface area contributed by atoms with Crippen molar-refractivity contribution >= 4 is 17.6 Å². The molecule has 2 aromatic rings. The Labute approximate surface area is 142 Å². The van der Waals surface area contributed by atoms with Gasteiger partial charge in [-0.3, -0.25) is 19.3 Å². The van der Waals surface area contributed by atoms with Gasteiger partial charge in [-0.25, -0.2) is 4.39 Å². The number of ketones is 1. The summed E-state index contributed by atoms with van der Waals surface area (Å²) >= 11 is 0. The van der Waals surface area contributed by atoms with E-state index in [0.717, 1.165) is 11.0 Å². The number of rotatable bonds is 5. The van der Waals surface area contributed by atoms with Gasteiger partial charge in [-0.1, -0.05) is 12.1 Å². The van der Waals surface area contributed by atoms with Gasteiger partial charge in [0.2, 0.25) is 0 Å². The van der Waals surface area contributed by atoms with Gasteiger partial charge in [-0.2, -0.15) is 0 Å². The maximum atomic E-state index is 14.2. The standard InChI is InChI=1S/C18H14FNO5/c1-24-15-7-12(13(19)8-16(15)25-2)14(21)9-20-17(22)10-5-3-4-6-11(10)18(20)23/h3-8H,9H2,1-2H3. The molecule has 0 radical (unpaired) electrons. The molecule has 1 heterocycles. The Morgan fingerprint density at radius 2 is 1.52 bits per heavy atom. The SMILES string of the molecule is COc1cc(F)c(C(=O)CN2C(=O)c3ccccc3C2=O)cc1OC. The van der Waals surface area contributed by atoms with E-state index in [9.17, 15) is 18.8 Å². The lowest BCUT2D eigenvalue weighted by atomic mass is 10.1. The number of benzene rings is 2. The third-order valence-electron chi connectivity index (χ3n) is 3.95. The summed E-state index contributed by atoms with van der Waals surface area (Å²) in [5, 5.41) is 0. The lowest BCUT2D eigenvalue weighted by Crippen LogP contribution is -2.35. The molecule has 1 aliphatic heterocycles. The van der Waals surface area contributed by atoms with Gasteiger partial charge in [-0.05, 0) is 18.2 Å². The fraction of sp³-hybridized carbons (Fsp3) is 0.167. The number of imide groups is 1. The molecule has 0 fully saturated rings. The molecule has 0 aromatic heterocycles. The average molecular weight is 343 g/mol. The van der Waals surface area contributed by atoms with E-state index in [1.807, 2.05) is 0 Å². The van der Waals surface area contributed by atoms with Crippen LogP contribution in [-0.4, -0.2) is 43.3 Å². The van der Waals surface area contributed by atoms with Crippen LogP contribution in [-0.2, 0) is 0 Å². The minimum absolute atomic E-state index is 0.136. The molecule has 2 amide bonds. The van der Waals surface area contributed by atoms with Crippen LogP contribution in [0.5, 0.6) is 11.5 Å². The first-order chi connectivity index (χ1) is 12.0. The van der Waals surface area contributed by atoms with Crippen LogP contribution in [0, 0.1) is 5.82 Å². The predicted octanol–water partition coefficient (Wildman–Crippen LogP) is 2.32. The first kappa shape index (κ1) is 16.6. The molecule has 0 saturated heterocycles. The lowest BCUT2D eigenvalue weighted by molar-refractivity contribution is 0.0623. The summed E-state index contributed by atoms with van der Waals surface area (Å²) in [5.41, 5.74) is 0.176. The molecule has 6 nitrogen and oxygen atoms in total. The van der Waals surface area contributed by atoms with E-state index in [2.05, 4.69) is 0 Å². The highest BCUT2D eigenvalue weighted by Crippen LogP contribution is 2.30. The summed E-state index contributed by atoms with van der Waals surface area (Å²) in [6, 6.07) is 8.49. The van der Waals surface area contributed by atoms with Gasteiger partial charge in [0.15, 0.2) is 17.3 Å². The monoisotopic (exact) mass is 343 g/mol. The number of nitrogens with zero attached hydrogens (tertiary/aromatic N) is 1. The van der Waals surface area contributed by atoms with Crippen molar-refractivity contribution in [3.05, 3.63) is 58.9 Å². The summed E-state index contributed by atoms with van der Waals surface area (Å²) in [6.07, 6.45) is 0. The second-order valence-electron chi connectivity index (χ2n) is 5.35. The highest BCUT2D eigenvalue weighted by molar-refractivity contribution is 6.23. The van der Waals surface area contributed by atoms with Crippen LogP contribution < -0.4 is 9.47 Å². The van der Waals surface area contributed by atoms with E-state index in [1.54, 1.807) is 12.1 Å². The van der Waals surface area contributed by atoms with Gasteiger partial charge < -0.3 is 9.47 Å². The maximum absolute atomic E-state index is 14.2. The maximum Gasteiger partial charge on any atom is 0.261 e. The average Bonchev–Trinajstić information content (AvgIpc) is 2.86. The number of halogens is 1. The number of carbonyl (C=O) groups excluding carboxylic acids is 3. The Morgan fingerprint density at radius 1 is 1.00 bits per heavy atom. The molecule has 0 unspecified atom stereocenters. The van der Waals surface area contributed by atoms with Gasteiger partial charge in [0, 0.05) is 6.07 Å². The number of hydrogen-bond donors (Lipinski definition) is 0. The van der Waals surface area contributed by atoms with Crippen molar-refractivity contribution in [3.63, 3.8) is 0 Å². The van der Waals surface area contributed by atoms with Crippen LogP contribution in [0.1, 0.15) is 31.1 Å². The molecule has 3 rings (SSSR count). The Hall–Kier alpha value is -3.22. The highest BCUT2D eigenvalue weighted by atomic mass is 19.1. The molecule has 128 valence electrons. The van der Waals surface area contributed by atoms with Crippen LogP contribution in [0.2, 0.25) is 0 Å². The lowest BCUT2D eigenvalue weighted by Gasteiger charge is -2.14. The molecule has 1 aliphatic rings. The van der Waals surface area contributed by atoms with E-state index < -0.39 is 30.0 Å². The number of methoxy groups -OCH3 is 2. The Morgan fingerprint density at radius 3 is 2.04 bits per heavy atom. The third kappa shape index (κ3) is 2.73. The summed E-state index contributed by atoms with van der Waals surface area (Å²) in [6.45, 7) is -0.557. The largest absolute Gasteiger partial charge is 0.493 e. The van der Waals surface area contributed by atoms with Gasteiger partial charge in [0.1, 0.15) is 5.82 Å². The van der Waals surface area contributed by atoms with E-state index >= 15 is 0 Å². The molecule has 0 bridgehead atoms. The van der Waals surface area contributed by atoms with Crippen molar-refractivity contribution in [1.82, 2.24) is 4.90 Å². The number of Topliss-reactive ketones (excluding diaryl/α,β-unsaturated/α-hetero) is 1. The smallest absolute Gasteiger partial charge is 0.261 e. The van der Waals surface area contributed by atoms with Crippen molar-refractivity contribution in [2.75, 3.05) is 20.8 Å². The zero-order valence-electron chi connectivity index (χ0n) is 13.5. The number of carbonyl (C=O) groups is 3. The van der Waals surface area contributed by atoms with Gasteiger partial charge in [0.25, 0.3) is 11.8 Å². The van der Waals surface area contributed by atoms with Crippen LogP contribution in [0.4, 0.5) is 4.39 Å². The highest BCUT2D eigenvalue weighted by Gasteiger charge is 2.36. The Kier molecular flexibility index (Phi) is 4.22. The van der Waals surface area contributed by atoms with Crippen LogP contribution >= 0.6 is 0 Å². The zero-order chi connectivity index (χ0) is 18.1. The summed E-state index contributed by atoms with van der Waals surface area (Å²) in [7, 11) is 2.70. The van der Waals surface area contributed by atoms with Crippen molar-refractivity contribution in [2.24, 2.45) is 0 Å². The minimum Gasteiger partial charge on any atom is -0.493 e. The first-order valence-electron chi connectivity index (χ1n) is 7.38. The third-order valence-corrected chi connectivity index (χ3v) is 3.95.